The number of nitrogens with one attached hydrogen (secondary N) is 1. The van der Waals surface area contributed by atoms with Crippen LogP contribution in [0, 0.1) is 0 Å². The van der Waals surface area contributed by atoms with E-state index in [9.17, 15) is 0 Å². The van der Waals surface area contributed by atoms with Gasteiger partial charge in [-0.25, -0.2) is 4.90 Å². The number of para-hydroxylation sites is 2. The lowest BCUT2D eigenvalue weighted by Gasteiger charge is -2.19. The fourth-order valence-electron chi connectivity index (χ4n) is 2.43. The Morgan fingerprint density at radius 1 is 0.857 bits per heavy atom. The minimum Gasteiger partial charge on any atom is -0.237 e. The number of hydrogen-bond acceptors (Lipinski definition) is 0. The van der Waals surface area contributed by atoms with Gasteiger partial charge in [0.15, 0.2) is 3.63 Å². The first-order chi connectivity index (χ1) is 10.3. The van der Waals surface area contributed by atoms with E-state index in [1.165, 1.54) is 21.8 Å². The monoisotopic (exact) mass is 388 g/mol. The molecule has 0 saturated heterocycles. The molecule has 21 heavy (non-hydrogen) atoms. The van der Waals surface area contributed by atoms with Gasteiger partial charge in [-0.2, -0.15) is 0 Å². The predicted molar refractivity (Wildman–Crippen MR) is 99.7 cm³/mol. The average Bonchev–Trinajstić information content (AvgIpc) is 2.75. The highest BCUT2D eigenvalue weighted by Crippen LogP contribution is 2.17. The Morgan fingerprint density at radius 3 is 2.00 bits per heavy atom. The van der Waals surface area contributed by atoms with Crippen molar-refractivity contribution in [3.63, 3.8) is 0 Å². The molecule has 1 nitrogen and oxygen atoms in total. The van der Waals surface area contributed by atoms with E-state index in [1.807, 2.05) is 0 Å². The lowest BCUT2D eigenvalue weighted by molar-refractivity contribution is -0.647. The SMILES string of the molecule is CC1=CI=C([NH+](c2ccccc2)c2ccccc2)CC=C1. The number of halogens is 1. The van der Waals surface area contributed by atoms with Gasteiger partial charge in [0.1, 0.15) is 11.4 Å². The molecule has 2 aromatic rings. The summed E-state index contributed by atoms with van der Waals surface area (Å²) in [7, 11) is 0. The molecule has 0 saturated carbocycles. The van der Waals surface area contributed by atoms with Crippen LogP contribution in [-0.2, 0) is 0 Å². The standard InChI is InChI=1S/C19H18IN/c1-16-9-8-14-19(20-15-16)21(17-10-4-2-5-11-17)18-12-6-3-7-13-18/h2-13,15H,14H2,1H3/p+1. The zero-order valence-electron chi connectivity index (χ0n) is 12.1. The summed E-state index contributed by atoms with van der Waals surface area (Å²) in [5.74, 6) is 0. The zero-order valence-corrected chi connectivity index (χ0v) is 14.2. The summed E-state index contributed by atoms with van der Waals surface area (Å²) in [6.45, 7) is 2.20. The van der Waals surface area contributed by atoms with Crippen LogP contribution in [0.5, 0.6) is 0 Å². The van der Waals surface area contributed by atoms with Gasteiger partial charge in [-0.15, -0.1) is 0 Å². The molecule has 0 atom stereocenters. The van der Waals surface area contributed by atoms with Crippen molar-refractivity contribution in [3.8, 4) is 0 Å². The fraction of sp³-hybridized carbons (Fsp3) is 0.105. The molecule has 1 heterocycles. The highest BCUT2D eigenvalue weighted by atomic mass is 127. The first kappa shape index (κ1) is 14.4. The summed E-state index contributed by atoms with van der Waals surface area (Å²) >= 11 is -0.0557. The summed E-state index contributed by atoms with van der Waals surface area (Å²) in [6, 6.07) is 21.6. The maximum absolute atomic E-state index is 2.43. The van der Waals surface area contributed by atoms with E-state index >= 15 is 0 Å². The maximum Gasteiger partial charge on any atom is 0.152 e. The quantitative estimate of drug-likeness (QED) is 0.739. The summed E-state index contributed by atoms with van der Waals surface area (Å²) < 4.78 is 4.03. The fourth-order valence-corrected chi connectivity index (χ4v) is 4.94. The number of quaternary nitrogens is 1. The molecular weight excluding hydrogens is 369 g/mol. The molecular formula is C19H19IN+. The molecule has 2 aromatic carbocycles. The lowest BCUT2D eigenvalue weighted by Crippen LogP contribution is -3.04. The van der Waals surface area contributed by atoms with Gasteiger partial charge in [-0.3, -0.25) is 0 Å². The van der Waals surface area contributed by atoms with E-state index in [2.05, 4.69) is 83.8 Å². The first-order valence-corrected chi connectivity index (χ1v) is 9.48. The molecule has 106 valence electrons. The summed E-state index contributed by atoms with van der Waals surface area (Å²) in [5, 5.41) is 0. The lowest BCUT2D eigenvalue weighted by atomic mass is 10.2. The van der Waals surface area contributed by atoms with Gasteiger partial charge >= 0.3 is 0 Å². The van der Waals surface area contributed by atoms with Gasteiger partial charge in [-0.1, -0.05) is 48.6 Å². The van der Waals surface area contributed by atoms with Gasteiger partial charge in [0.05, 0.1) is 0 Å². The second-order valence-corrected chi connectivity index (χ2v) is 7.63. The van der Waals surface area contributed by atoms with Crippen LogP contribution in [0.15, 0.2) is 82.5 Å². The van der Waals surface area contributed by atoms with E-state index in [4.69, 9.17) is 0 Å². The third kappa shape index (κ3) is 3.57. The van der Waals surface area contributed by atoms with E-state index in [-0.39, 0.29) is 20.7 Å². The molecule has 0 amide bonds. The molecule has 0 aromatic heterocycles. The molecule has 0 bridgehead atoms. The molecule has 3 rings (SSSR count). The molecule has 0 aliphatic carbocycles. The average molecular weight is 388 g/mol. The topological polar surface area (TPSA) is 4.44 Å². The summed E-state index contributed by atoms with van der Waals surface area (Å²) in [5.41, 5.74) is 4.07. The maximum atomic E-state index is 2.43. The molecule has 0 radical (unpaired) electrons. The van der Waals surface area contributed by atoms with E-state index in [0.29, 0.717) is 0 Å². The van der Waals surface area contributed by atoms with Crippen LogP contribution in [-0.4, -0.2) is 3.63 Å². The van der Waals surface area contributed by atoms with Crippen LogP contribution in [0.2, 0.25) is 0 Å². The Morgan fingerprint density at radius 2 is 1.43 bits per heavy atom. The highest BCUT2D eigenvalue weighted by molar-refractivity contribution is 14.2. The third-order valence-electron chi connectivity index (χ3n) is 3.43. The number of benzene rings is 2. The second-order valence-electron chi connectivity index (χ2n) is 5.08. The predicted octanol–water partition coefficient (Wildman–Crippen LogP) is 4.50. The molecule has 2 heteroatoms. The van der Waals surface area contributed by atoms with Gasteiger partial charge < -0.3 is 0 Å². The largest absolute Gasteiger partial charge is 0.237 e. The first-order valence-electron chi connectivity index (χ1n) is 7.15. The van der Waals surface area contributed by atoms with Crippen molar-refractivity contribution in [1.29, 1.82) is 0 Å². The van der Waals surface area contributed by atoms with E-state index in [0.717, 1.165) is 6.42 Å². The third-order valence-corrected chi connectivity index (χ3v) is 6.46. The number of allylic oxidation sites excluding steroid dienone is 2. The Labute approximate surface area is 136 Å². The van der Waals surface area contributed by atoms with Gasteiger partial charge in [-0.05, 0) is 61.6 Å². The molecule has 1 aliphatic rings. The Bertz CT molecular complexity index is 645. The van der Waals surface area contributed by atoms with Crippen molar-refractivity contribution in [3.05, 3.63) is 82.5 Å². The van der Waals surface area contributed by atoms with Crippen molar-refractivity contribution < 1.29 is 4.90 Å². The molecule has 0 fully saturated rings. The highest BCUT2D eigenvalue weighted by Gasteiger charge is 2.20. The van der Waals surface area contributed by atoms with Crippen molar-refractivity contribution >= 4 is 35.7 Å². The van der Waals surface area contributed by atoms with Crippen LogP contribution < -0.4 is 4.90 Å². The number of rotatable bonds is 3. The molecule has 1 aliphatic heterocycles. The zero-order chi connectivity index (χ0) is 14.5. The minimum atomic E-state index is -0.0557. The Balaban J connectivity index is 2.07. The van der Waals surface area contributed by atoms with Crippen LogP contribution >= 0.6 is 20.7 Å². The normalized spacial score (nSPS) is 15.0. The van der Waals surface area contributed by atoms with Crippen LogP contribution in [0.4, 0.5) is 11.4 Å². The number of hydrogen-bond donors (Lipinski definition) is 1. The van der Waals surface area contributed by atoms with Crippen LogP contribution in [0.3, 0.4) is 0 Å². The van der Waals surface area contributed by atoms with Gasteiger partial charge in [0.25, 0.3) is 0 Å². The second kappa shape index (κ2) is 6.96. The van der Waals surface area contributed by atoms with Crippen molar-refractivity contribution in [2.45, 2.75) is 13.3 Å². The van der Waals surface area contributed by atoms with Crippen molar-refractivity contribution in [1.82, 2.24) is 0 Å². The van der Waals surface area contributed by atoms with E-state index < -0.39 is 0 Å². The molecule has 0 unspecified atom stereocenters. The van der Waals surface area contributed by atoms with Crippen LogP contribution in [0.25, 0.3) is 0 Å². The molecule has 1 N–H and O–H groups in total. The van der Waals surface area contributed by atoms with Crippen molar-refractivity contribution in [2.24, 2.45) is 0 Å². The van der Waals surface area contributed by atoms with Crippen molar-refractivity contribution in [2.75, 3.05) is 0 Å². The minimum absolute atomic E-state index is 0.0557. The Kier molecular flexibility index (Phi) is 4.78. The summed E-state index contributed by atoms with van der Waals surface area (Å²) in [4.78, 5) is 1.43. The van der Waals surface area contributed by atoms with Gasteiger partial charge in [0, 0.05) is 6.42 Å². The Hall–Kier alpha value is -1.52. The molecule has 0 spiro atoms. The smallest absolute Gasteiger partial charge is 0.152 e. The summed E-state index contributed by atoms with van der Waals surface area (Å²) in [6.07, 6.45) is 5.63. The van der Waals surface area contributed by atoms with Crippen LogP contribution in [0.1, 0.15) is 13.3 Å². The van der Waals surface area contributed by atoms with Gasteiger partial charge in [0.2, 0.25) is 0 Å². The van der Waals surface area contributed by atoms with E-state index in [1.54, 1.807) is 3.63 Å².